The monoisotopic (exact) mass is 395 g/mol. The van der Waals surface area contributed by atoms with Crippen molar-refractivity contribution in [1.82, 2.24) is 10.2 Å². The first-order valence-corrected chi connectivity index (χ1v) is 10.5. The van der Waals surface area contributed by atoms with Gasteiger partial charge in [0.1, 0.15) is 5.75 Å². The molecule has 3 rings (SSSR count). The van der Waals surface area contributed by atoms with Crippen LogP contribution in [0.1, 0.15) is 36.5 Å². The minimum atomic E-state index is 0.0291. The van der Waals surface area contributed by atoms with E-state index in [4.69, 9.17) is 4.74 Å². The molecule has 5 heteroatoms. The summed E-state index contributed by atoms with van der Waals surface area (Å²) in [4.78, 5) is 16.9. The van der Waals surface area contributed by atoms with Crippen LogP contribution in [0.25, 0.3) is 0 Å². The highest BCUT2D eigenvalue weighted by Crippen LogP contribution is 2.31. The molecule has 1 saturated heterocycles. The van der Waals surface area contributed by atoms with Gasteiger partial charge in [0.25, 0.3) is 0 Å². The van der Waals surface area contributed by atoms with Gasteiger partial charge in [0, 0.05) is 38.4 Å². The van der Waals surface area contributed by atoms with Crippen LogP contribution in [-0.2, 0) is 6.42 Å². The summed E-state index contributed by atoms with van der Waals surface area (Å²) in [7, 11) is 1.67. The van der Waals surface area contributed by atoms with Crippen molar-refractivity contribution < 1.29 is 9.53 Å². The Kier molecular flexibility index (Phi) is 7.02. The number of hydrogen-bond donors (Lipinski definition) is 1. The van der Waals surface area contributed by atoms with Crippen molar-refractivity contribution in [3.05, 3.63) is 59.2 Å². The second-order valence-electron chi connectivity index (χ2n) is 7.97. The van der Waals surface area contributed by atoms with Gasteiger partial charge >= 0.3 is 6.03 Å². The maximum absolute atomic E-state index is 12.6. The van der Waals surface area contributed by atoms with Crippen molar-refractivity contribution in [2.24, 2.45) is 0 Å². The van der Waals surface area contributed by atoms with Crippen molar-refractivity contribution in [3.63, 3.8) is 0 Å². The number of ether oxygens (including phenoxy) is 1. The largest absolute Gasteiger partial charge is 0.497 e. The number of nitrogens with zero attached hydrogens (tertiary/aromatic N) is 2. The van der Waals surface area contributed by atoms with E-state index >= 15 is 0 Å². The fourth-order valence-corrected chi connectivity index (χ4v) is 3.97. The Morgan fingerprint density at radius 1 is 1.10 bits per heavy atom. The van der Waals surface area contributed by atoms with Crippen LogP contribution in [0.3, 0.4) is 0 Å². The SMILES string of the molecule is COc1cccc(CCNC(=O)N2CCN(c3c(C)cccc3C(C)C)CC2)c1. The maximum Gasteiger partial charge on any atom is 0.317 e. The zero-order chi connectivity index (χ0) is 20.8. The second kappa shape index (κ2) is 9.68. The van der Waals surface area contributed by atoms with Gasteiger partial charge < -0.3 is 19.9 Å². The smallest absolute Gasteiger partial charge is 0.317 e. The zero-order valence-corrected chi connectivity index (χ0v) is 18.1. The summed E-state index contributed by atoms with van der Waals surface area (Å²) in [6.45, 7) is 10.5. The van der Waals surface area contributed by atoms with Crippen molar-refractivity contribution in [2.75, 3.05) is 44.7 Å². The zero-order valence-electron chi connectivity index (χ0n) is 18.1. The Hall–Kier alpha value is -2.69. The van der Waals surface area contributed by atoms with E-state index in [-0.39, 0.29) is 6.03 Å². The molecule has 2 aromatic carbocycles. The highest BCUT2D eigenvalue weighted by molar-refractivity contribution is 5.74. The van der Waals surface area contributed by atoms with Gasteiger partial charge in [-0.25, -0.2) is 4.79 Å². The first kappa shape index (κ1) is 21.0. The average Bonchev–Trinajstić information content (AvgIpc) is 2.73. The van der Waals surface area contributed by atoms with E-state index in [9.17, 15) is 4.79 Å². The molecule has 2 aromatic rings. The number of para-hydroxylation sites is 1. The molecule has 1 aliphatic rings. The number of aryl methyl sites for hydroxylation is 1. The van der Waals surface area contributed by atoms with Crippen molar-refractivity contribution in [1.29, 1.82) is 0 Å². The third-order valence-electron chi connectivity index (χ3n) is 5.60. The molecule has 1 aliphatic heterocycles. The molecule has 1 heterocycles. The van der Waals surface area contributed by atoms with Gasteiger partial charge in [-0.05, 0) is 48.1 Å². The van der Waals surface area contributed by atoms with Crippen LogP contribution in [0, 0.1) is 6.92 Å². The lowest BCUT2D eigenvalue weighted by atomic mass is 9.97. The average molecular weight is 396 g/mol. The third-order valence-corrected chi connectivity index (χ3v) is 5.60. The number of carbonyl (C=O) groups excluding carboxylic acids is 1. The number of urea groups is 1. The number of benzene rings is 2. The van der Waals surface area contributed by atoms with Gasteiger partial charge in [-0.15, -0.1) is 0 Å². The van der Waals surface area contributed by atoms with Crippen molar-refractivity contribution in [3.8, 4) is 5.75 Å². The van der Waals surface area contributed by atoms with Gasteiger partial charge in [0.2, 0.25) is 0 Å². The van der Waals surface area contributed by atoms with Crippen molar-refractivity contribution in [2.45, 2.75) is 33.1 Å². The quantitative estimate of drug-likeness (QED) is 0.797. The summed E-state index contributed by atoms with van der Waals surface area (Å²) in [5, 5.41) is 3.06. The molecule has 5 nitrogen and oxygen atoms in total. The molecule has 0 radical (unpaired) electrons. The molecule has 2 amide bonds. The highest BCUT2D eigenvalue weighted by Gasteiger charge is 2.24. The highest BCUT2D eigenvalue weighted by atomic mass is 16.5. The lowest BCUT2D eigenvalue weighted by Gasteiger charge is -2.38. The van der Waals surface area contributed by atoms with Crippen LogP contribution in [0.4, 0.5) is 10.5 Å². The standard InChI is InChI=1S/C24H33N3O2/c1-18(2)22-10-5-7-19(3)23(22)26-13-15-27(16-14-26)24(28)25-12-11-20-8-6-9-21(17-20)29-4/h5-10,17-18H,11-16H2,1-4H3,(H,25,28). The number of hydrogen-bond acceptors (Lipinski definition) is 3. The van der Waals surface area contributed by atoms with Crippen LogP contribution in [0.15, 0.2) is 42.5 Å². The number of nitrogens with one attached hydrogen (secondary N) is 1. The number of amides is 2. The number of piperazine rings is 1. The van der Waals surface area contributed by atoms with Gasteiger partial charge in [-0.3, -0.25) is 0 Å². The Bertz CT molecular complexity index is 827. The molecular weight excluding hydrogens is 362 g/mol. The Labute approximate surface area is 174 Å². The maximum atomic E-state index is 12.6. The van der Waals surface area contributed by atoms with Crippen LogP contribution in [0.2, 0.25) is 0 Å². The summed E-state index contributed by atoms with van der Waals surface area (Å²) in [5.41, 5.74) is 5.21. The third kappa shape index (κ3) is 5.22. The lowest BCUT2D eigenvalue weighted by Crippen LogP contribution is -2.52. The van der Waals surface area contributed by atoms with E-state index in [1.54, 1.807) is 7.11 Å². The number of methoxy groups -OCH3 is 1. The second-order valence-corrected chi connectivity index (χ2v) is 7.97. The predicted octanol–water partition coefficient (Wildman–Crippen LogP) is 4.20. The summed E-state index contributed by atoms with van der Waals surface area (Å²) >= 11 is 0. The minimum absolute atomic E-state index is 0.0291. The topological polar surface area (TPSA) is 44.8 Å². The first-order chi connectivity index (χ1) is 14.0. The van der Waals surface area contributed by atoms with Gasteiger partial charge in [-0.2, -0.15) is 0 Å². The Balaban J connectivity index is 1.51. The van der Waals surface area contributed by atoms with E-state index in [0.717, 1.165) is 43.9 Å². The van der Waals surface area contributed by atoms with E-state index in [1.165, 1.54) is 16.8 Å². The molecule has 1 fully saturated rings. The van der Waals surface area contributed by atoms with E-state index in [1.807, 2.05) is 23.1 Å². The summed E-state index contributed by atoms with van der Waals surface area (Å²) < 4.78 is 5.26. The fourth-order valence-electron chi connectivity index (χ4n) is 3.97. The summed E-state index contributed by atoms with van der Waals surface area (Å²) in [6, 6.07) is 14.6. The molecule has 0 aliphatic carbocycles. The fraction of sp³-hybridized carbons (Fsp3) is 0.458. The van der Waals surface area contributed by atoms with Crippen LogP contribution in [-0.4, -0.2) is 50.8 Å². The van der Waals surface area contributed by atoms with Gasteiger partial charge in [0.15, 0.2) is 0 Å². The normalized spacial score (nSPS) is 14.2. The number of rotatable bonds is 6. The molecule has 1 N–H and O–H groups in total. The van der Waals surface area contributed by atoms with Crippen molar-refractivity contribution >= 4 is 11.7 Å². The lowest BCUT2D eigenvalue weighted by molar-refractivity contribution is 0.194. The molecule has 0 saturated carbocycles. The van der Waals surface area contributed by atoms with E-state index < -0.39 is 0 Å². The van der Waals surface area contributed by atoms with Gasteiger partial charge in [0.05, 0.1) is 7.11 Å². The van der Waals surface area contributed by atoms with Crippen LogP contribution in [0.5, 0.6) is 5.75 Å². The van der Waals surface area contributed by atoms with Crippen LogP contribution >= 0.6 is 0 Å². The molecule has 0 spiro atoms. The van der Waals surface area contributed by atoms with Crippen LogP contribution < -0.4 is 15.0 Å². The molecule has 29 heavy (non-hydrogen) atoms. The molecular formula is C24H33N3O2. The summed E-state index contributed by atoms with van der Waals surface area (Å²) in [5.74, 6) is 1.34. The summed E-state index contributed by atoms with van der Waals surface area (Å²) in [6.07, 6.45) is 0.795. The van der Waals surface area contributed by atoms with E-state index in [2.05, 4.69) is 55.3 Å². The molecule has 156 valence electrons. The first-order valence-electron chi connectivity index (χ1n) is 10.5. The molecule has 0 unspecified atom stereocenters. The Morgan fingerprint density at radius 2 is 1.83 bits per heavy atom. The van der Waals surface area contributed by atoms with E-state index in [0.29, 0.717) is 12.5 Å². The number of anilines is 1. The molecule has 0 aromatic heterocycles. The molecule has 0 atom stereocenters. The molecule has 0 bridgehead atoms. The number of carbonyl (C=O) groups is 1. The Morgan fingerprint density at radius 3 is 2.52 bits per heavy atom. The minimum Gasteiger partial charge on any atom is -0.497 e. The van der Waals surface area contributed by atoms with Gasteiger partial charge in [-0.1, -0.05) is 44.2 Å². The predicted molar refractivity (Wildman–Crippen MR) is 119 cm³/mol.